The molecule has 0 aromatic carbocycles. The first-order valence-corrected chi connectivity index (χ1v) is 7.03. The van der Waals surface area contributed by atoms with Gasteiger partial charge in [-0.25, -0.2) is 0 Å². The molecule has 0 bridgehead atoms. The fourth-order valence-electron chi connectivity index (χ4n) is 2.58. The summed E-state index contributed by atoms with van der Waals surface area (Å²) in [5.41, 5.74) is 5.74. The quantitative estimate of drug-likeness (QED) is 0.786. The highest BCUT2D eigenvalue weighted by Gasteiger charge is 2.32. The van der Waals surface area contributed by atoms with Gasteiger partial charge in [-0.1, -0.05) is 6.92 Å². The van der Waals surface area contributed by atoms with E-state index in [9.17, 15) is 4.79 Å². The van der Waals surface area contributed by atoms with E-state index >= 15 is 0 Å². The highest BCUT2D eigenvalue weighted by atomic mass is 16.5. The normalized spacial score (nSPS) is 29.1. The summed E-state index contributed by atoms with van der Waals surface area (Å²) >= 11 is 0. The SMILES string of the molecule is CCOC(C)(C)CNC(=O)C1CC(C)CCC1N. The second-order valence-corrected chi connectivity index (χ2v) is 6.10. The lowest BCUT2D eigenvalue weighted by atomic mass is 9.78. The Hall–Kier alpha value is -0.610. The van der Waals surface area contributed by atoms with Crippen LogP contribution < -0.4 is 11.1 Å². The fraction of sp³-hybridized carbons (Fsp3) is 0.929. The molecule has 3 unspecified atom stereocenters. The maximum atomic E-state index is 12.2. The van der Waals surface area contributed by atoms with Crippen LogP contribution in [0.15, 0.2) is 0 Å². The molecule has 3 atom stereocenters. The second kappa shape index (κ2) is 6.53. The summed E-state index contributed by atoms with van der Waals surface area (Å²) < 4.78 is 5.57. The molecule has 1 fully saturated rings. The Morgan fingerprint density at radius 2 is 2.11 bits per heavy atom. The first-order valence-electron chi connectivity index (χ1n) is 7.03. The van der Waals surface area contributed by atoms with Gasteiger partial charge in [0, 0.05) is 19.2 Å². The van der Waals surface area contributed by atoms with E-state index in [2.05, 4.69) is 12.2 Å². The van der Waals surface area contributed by atoms with E-state index in [1.165, 1.54) is 0 Å². The van der Waals surface area contributed by atoms with Gasteiger partial charge >= 0.3 is 0 Å². The summed E-state index contributed by atoms with van der Waals surface area (Å²) in [7, 11) is 0. The molecule has 3 N–H and O–H groups in total. The number of amides is 1. The molecular formula is C14H28N2O2. The van der Waals surface area contributed by atoms with Gasteiger partial charge < -0.3 is 15.8 Å². The molecule has 1 saturated carbocycles. The third kappa shape index (κ3) is 4.58. The van der Waals surface area contributed by atoms with E-state index in [1.54, 1.807) is 0 Å². The second-order valence-electron chi connectivity index (χ2n) is 6.10. The molecule has 1 amide bonds. The fourth-order valence-corrected chi connectivity index (χ4v) is 2.58. The van der Waals surface area contributed by atoms with E-state index in [4.69, 9.17) is 10.5 Å². The van der Waals surface area contributed by atoms with Gasteiger partial charge in [-0.2, -0.15) is 0 Å². The minimum atomic E-state index is -0.311. The zero-order valence-corrected chi connectivity index (χ0v) is 12.2. The zero-order valence-electron chi connectivity index (χ0n) is 12.2. The number of carbonyl (C=O) groups is 1. The van der Waals surface area contributed by atoms with Crippen LogP contribution in [-0.2, 0) is 9.53 Å². The molecular weight excluding hydrogens is 228 g/mol. The summed E-state index contributed by atoms with van der Waals surface area (Å²) in [5, 5.41) is 2.98. The van der Waals surface area contributed by atoms with Crippen molar-refractivity contribution in [1.82, 2.24) is 5.32 Å². The Bertz CT molecular complexity index is 279. The molecule has 0 aliphatic heterocycles. The standard InChI is InChI=1S/C14H28N2O2/c1-5-18-14(3,4)9-16-13(17)11-8-10(2)6-7-12(11)15/h10-12H,5-9,15H2,1-4H3,(H,16,17). The summed E-state index contributed by atoms with van der Waals surface area (Å²) in [6, 6.07) is 0.0106. The number of nitrogens with one attached hydrogen (secondary N) is 1. The Balaban J connectivity index is 2.44. The number of hydrogen-bond acceptors (Lipinski definition) is 3. The van der Waals surface area contributed by atoms with E-state index in [1.807, 2.05) is 20.8 Å². The lowest BCUT2D eigenvalue weighted by Crippen LogP contribution is -2.48. The number of ether oxygens (including phenoxy) is 1. The minimum Gasteiger partial charge on any atom is -0.374 e. The number of hydrogen-bond donors (Lipinski definition) is 2. The number of carbonyl (C=O) groups excluding carboxylic acids is 1. The highest BCUT2D eigenvalue weighted by molar-refractivity contribution is 5.79. The van der Waals surface area contributed by atoms with Crippen molar-refractivity contribution >= 4 is 5.91 Å². The molecule has 0 heterocycles. The third-order valence-corrected chi connectivity index (χ3v) is 3.73. The third-order valence-electron chi connectivity index (χ3n) is 3.73. The van der Waals surface area contributed by atoms with E-state index in [-0.39, 0.29) is 23.5 Å². The van der Waals surface area contributed by atoms with Crippen LogP contribution in [0.3, 0.4) is 0 Å². The minimum absolute atomic E-state index is 0.0106. The molecule has 1 rings (SSSR count). The molecule has 4 nitrogen and oxygen atoms in total. The molecule has 4 heteroatoms. The van der Waals surface area contributed by atoms with E-state index < -0.39 is 0 Å². The molecule has 1 aliphatic rings. The van der Waals surface area contributed by atoms with Gasteiger partial charge in [0.15, 0.2) is 0 Å². The molecule has 18 heavy (non-hydrogen) atoms. The molecule has 0 saturated heterocycles. The molecule has 0 spiro atoms. The van der Waals surface area contributed by atoms with Crippen molar-refractivity contribution in [3.63, 3.8) is 0 Å². The first kappa shape index (κ1) is 15.4. The predicted molar refractivity (Wildman–Crippen MR) is 73.2 cm³/mol. The van der Waals surface area contributed by atoms with Crippen LogP contribution in [0.1, 0.15) is 47.0 Å². The lowest BCUT2D eigenvalue weighted by Gasteiger charge is -2.33. The van der Waals surface area contributed by atoms with Crippen molar-refractivity contribution < 1.29 is 9.53 Å². The molecule has 0 aromatic rings. The van der Waals surface area contributed by atoms with Crippen LogP contribution in [0.5, 0.6) is 0 Å². The van der Waals surface area contributed by atoms with Gasteiger partial charge in [-0.3, -0.25) is 4.79 Å². The van der Waals surface area contributed by atoms with Crippen LogP contribution in [0, 0.1) is 11.8 Å². The van der Waals surface area contributed by atoms with Crippen molar-refractivity contribution in [3.8, 4) is 0 Å². The first-order chi connectivity index (χ1) is 8.35. The van der Waals surface area contributed by atoms with Gasteiger partial charge in [0.05, 0.1) is 11.5 Å². The summed E-state index contributed by atoms with van der Waals surface area (Å²) in [6.07, 6.45) is 2.99. The largest absolute Gasteiger partial charge is 0.374 e. The molecule has 0 aromatic heterocycles. The van der Waals surface area contributed by atoms with Gasteiger partial charge in [-0.05, 0) is 46.0 Å². The maximum Gasteiger partial charge on any atom is 0.224 e. The Morgan fingerprint density at radius 1 is 1.44 bits per heavy atom. The van der Waals surface area contributed by atoms with Crippen molar-refractivity contribution in [1.29, 1.82) is 0 Å². The maximum absolute atomic E-state index is 12.2. The average molecular weight is 256 g/mol. The highest BCUT2D eigenvalue weighted by Crippen LogP contribution is 2.28. The van der Waals surface area contributed by atoms with Crippen LogP contribution >= 0.6 is 0 Å². The summed E-state index contributed by atoms with van der Waals surface area (Å²) in [5.74, 6) is 0.647. The monoisotopic (exact) mass is 256 g/mol. The van der Waals surface area contributed by atoms with Gasteiger partial charge in [0.1, 0.15) is 0 Å². The van der Waals surface area contributed by atoms with Crippen molar-refractivity contribution in [3.05, 3.63) is 0 Å². The summed E-state index contributed by atoms with van der Waals surface area (Å²) in [6.45, 7) is 9.32. The lowest BCUT2D eigenvalue weighted by molar-refractivity contribution is -0.128. The smallest absolute Gasteiger partial charge is 0.224 e. The van der Waals surface area contributed by atoms with Crippen LogP contribution in [0.25, 0.3) is 0 Å². The average Bonchev–Trinajstić information content (AvgIpc) is 2.29. The topological polar surface area (TPSA) is 64.3 Å². The van der Waals surface area contributed by atoms with Crippen LogP contribution in [0.4, 0.5) is 0 Å². The summed E-state index contributed by atoms with van der Waals surface area (Å²) in [4.78, 5) is 12.2. The Labute approximate surface area is 111 Å². The van der Waals surface area contributed by atoms with Gasteiger partial charge in [-0.15, -0.1) is 0 Å². The van der Waals surface area contributed by atoms with Gasteiger partial charge in [0.2, 0.25) is 5.91 Å². The van der Waals surface area contributed by atoms with Crippen molar-refractivity contribution in [2.45, 2.75) is 58.6 Å². The molecule has 1 aliphatic carbocycles. The molecule has 106 valence electrons. The van der Waals surface area contributed by atoms with E-state index in [0.29, 0.717) is 19.1 Å². The Morgan fingerprint density at radius 3 is 2.72 bits per heavy atom. The van der Waals surface area contributed by atoms with Crippen LogP contribution in [-0.4, -0.2) is 30.7 Å². The Kier molecular flexibility index (Phi) is 5.60. The number of nitrogens with two attached hydrogens (primary N) is 1. The van der Waals surface area contributed by atoms with Crippen LogP contribution in [0.2, 0.25) is 0 Å². The zero-order chi connectivity index (χ0) is 13.8. The predicted octanol–water partition coefficient (Wildman–Crippen LogP) is 1.68. The molecule has 0 radical (unpaired) electrons. The van der Waals surface area contributed by atoms with Gasteiger partial charge in [0.25, 0.3) is 0 Å². The van der Waals surface area contributed by atoms with Crippen molar-refractivity contribution in [2.75, 3.05) is 13.2 Å². The number of rotatable bonds is 5. The van der Waals surface area contributed by atoms with Crippen molar-refractivity contribution in [2.24, 2.45) is 17.6 Å². The van der Waals surface area contributed by atoms with E-state index in [0.717, 1.165) is 19.3 Å².